The summed E-state index contributed by atoms with van der Waals surface area (Å²) in [6.07, 6.45) is 18.2. The third-order valence-electron chi connectivity index (χ3n) is 9.40. The molecule has 2 aromatic carbocycles. The van der Waals surface area contributed by atoms with Crippen molar-refractivity contribution in [1.29, 1.82) is 0 Å². The Morgan fingerprint density at radius 3 is 1.71 bits per heavy atom. The van der Waals surface area contributed by atoms with E-state index in [0.717, 1.165) is 36.5 Å². The van der Waals surface area contributed by atoms with Crippen LogP contribution in [0.3, 0.4) is 0 Å². The van der Waals surface area contributed by atoms with Crippen LogP contribution in [0.1, 0.15) is 93.4 Å². The number of ether oxygens (including phenoxy) is 2. The van der Waals surface area contributed by atoms with E-state index < -0.39 is 0 Å². The number of fused-ring (bicyclic) bond motifs is 7. The molecule has 0 aromatic heterocycles. The van der Waals surface area contributed by atoms with Gasteiger partial charge < -0.3 is 9.47 Å². The molecule has 2 nitrogen and oxygen atoms in total. The van der Waals surface area contributed by atoms with Gasteiger partial charge in [0.25, 0.3) is 0 Å². The molecule has 1 heterocycles. The fraction of sp³-hybridized carbons (Fsp3) is 0.625. The molecule has 0 radical (unpaired) electrons. The normalized spacial score (nSPS) is 24.7. The summed E-state index contributed by atoms with van der Waals surface area (Å²) in [5.41, 5.74) is 8.95. The van der Waals surface area contributed by atoms with E-state index in [9.17, 15) is 0 Å². The van der Waals surface area contributed by atoms with Crippen LogP contribution in [0, 0.1) is 17.8 Å². The Morgan fingerprint density at radius 1 is 0.647 bits per heavy atom. The third-order valence-corrected chi connectivity index (χ3v) is 9.40. The second-order valence-corrected chi connectivity index (χ2v) is 11.5. The van der Waals surface area contributed by atoms with E-state index in [1.165, 1.54) is 112 Å². The minimum Gasteiger partial charge on any atom is -0.492 e. The molecule has 0 N–H and O–H groups in total. The minimum atomic E-state index is 0.480. The Kier molecular flexibility index (Phi) is 6.59. The number of aryl methyl sites for hydroxylation is 2. The van der Waals surface area contributed by atoms with Crippen molar-refractivity contribution in [2.24, 2.45) is 17.8 Å². The van der Waals surface area contributed by atoms with Gasteiger partial charge in [-0.15, -0.1) is 0 Å². The summed E-state index contributed by atoms with van der Waals surface area (Å²) in [5.74, 6) is 4.40. The molecule has 0 bridgehead atoms. The van der Waals surface area contributed by atoms with Crippen LogP contribution in [0.15, 0.2) is 24.3 Å². The zero-order chi connectivity index (χ0) is 22.9. The van der Waals surface area contributed by atoms with Gasteiger partial charge in [-0.2, -0.15) is 0 Å². The molecule has 2 aromatic rings. The quantitative estimate of drug-likeness (QED) is 0.462. The first-order valence-corrected chi connectivity index (χ1v) is 14.4. The lowest BCUT2D eigenvalue weighted by molar-refractivity contribution is 0.0982. The summed E-state index contributed by atoms with van der Waals surface area (Å²) >= 11 is 0. The maximum absolute atomic E-state index is 6.78. The molecule has 1 aliphatic heterocycles. The van der Waals surface area contributed by atoms with Gasteiger partial charge in [0.05, 0.1) is 13.2 Å². The summed E-state index contributed by atoms with van der Waals surface area (Å²) in [4.78, 5) is 0. The first-order chi connectivity index (χ1) is 16.8. The maximum Gasteiger partial charge on any atom is 0.127 e. The second-order valence-electron chi connectivity index (χ2n) is 11.5. The van der Waals surface area contributed by atoms with Crippen molar-refractivity contribution in [3.05, 3.63) is 46.5 Å². The monoisotopic (exact) mass is 458 g/mol. The predicted molar refractivity (Wildman–Crippen MR) is 140 cm³/mol. The van der Waals surface area contributed by atoms with Gasteiger partial charge in [0.15, 0.2) is 0 Å². The van der Waals surface area contributed by atoms with Gasteiger partial charge in [0.2, 0.25) is 0 Å². The van der Waals surface area contributed by atoms with Gasteiger partial charge in [-0.3, -0.25) is 0 Å². The van der Waals surface area contributed by atoms with Crippen LogP contribution < -0.4 is 9.47 Å². The molecule has 4 aliphatic rings. The molecule has 0 amide bonds. The summed E-state index contributed by atoms with van der Waals surface area (Å²) < 4.78 is 13.6. The maximum atomic E-state index is 6.78. The van der Waals surface area contributed by atoms with Crippen LogP contribution in [-0.2, 0) is 25.7 Å². The van der Waals surface area contributed by atoms with Gasteiger partial charge in [0.1, 0.15) is 11.5 Å². The van der Waals surface area contributed by atoms with Gasteiger partial charge in [-0.05, 0) is 110 Å². The molecular weight excluding hydrogens is 416 g/mol. The lowest BCUT2D eigenvalue weighted by Gasteiger charge is -2.33. The van der Waals surface area contributed by atoms with E-state index in [-0.39, 0.29) is 0 Å². The molecular formula is C32H42O2. The molecule has 0 atom stereocenters. The average molecular weight is 459 g/mol. The van der Waals surface area contributed by atoms with E-state index in [1.54, 1.807) is 11.1 Å². The first kappa shape index (κ1) is 22.5. The molecule has 1 saturated carbocycles. The van der Waals surface area contributed by atoms with Crippen molar-refractivity contribution in [2.75, 3.05) is 13.2 Å². The summed E-state index contributed by atoms with van der Waals surface area (Å²) in [7, 11) is 0. The lowest BCUT2D eigenvalue weighted by atomic mass is 9.75. The highest BCUT2D eigenvalue weighted by Crippen LogP contribution is 2.48. The van der Waals surface area contributed by atoms with E-state index in [2.05, 4.69) is 31.2 Å². The number of rotatable bonds is 3. The van der Waals surface area contributed by atoms with Crippen molar-refractivity contribution in [1.82, 2.24) is 0 Å². The van der Waals surface area contributed by atoms with Gasteiger partial charge >= 0.3 is 0 Å². The highest BCUT2D eigenvalue weighted by Gasteiger charge is 2.32. The molecule has 34 heavy (non-hydrogen) atoms. The first-order valence-electron chi connectivity index (χ1n) is 14.4. The summed E-state index contributed by atoms with van der Waals surface area (Å²) in [6.45, 7) is 3.93. The Labute approximate surface area is 206 Å². The molecule has 182 valence electrons. The van der Waals surface area contributed by atoms with Crippen molar-refractivity contribution in [3.8, 4) is 22.6 Å². The summed E-state index contributed by atoms with van der Waals surface area (Å²) in [5, 5.41) is 0. The van der Waals surface area contributed by atoms with Crippen LogP contribution in [0.5, 0.6) is 11.5 Å². The smallest absolute Gasteiger partial charge is 0.127 e. The predicted octanol–water partition coefficient (Wildman–Crippen LogP) is 8.11. The molecule has 2 heteroatoms. The van der Waals surface area contributed by atoms with Crippen molar-refractivity contribution in [3.63, 3.8) is 0 Å². The fourth-order valence-corrected chi connectivity index (χ4v) is 7.47. The van der Waals surface area contributed by atoms with Crippen LogP contribution in [0.2, 0.25) is 0 Å². The lowest BCUT2D eigenvalue weighted by Crippen LogP contribution is -2.30. The van der Waals surface area contributed by atoms with Crippen molar-refractivity contribution in [2.45, 2.75) is 96.8 Å². The van der Waals surface area contributed by atoms with Crippen LogP contribution in [0.4, 0.5) is 0 Å². The SMILES string of the molecule is CCCC1CCC(C2COc3ccc4c(c3-c3c(ccc5c3CCCC5)OC2)CCCC4)CC1. The molecule has 0 spiro atoms. The van der Waals surface area contributed by atoms with Crippen molar-refractivity contribution >= 4 is 0 Å². The van der Waals surface area contributed by atoms with Crippen LogP contribution >= 0.6 is 0 Å². The van der Waals surface area contributed by atoms with Gasteiger partial charge in [-0.1, -0.05) is 44.7 Å². The van der Waals surface area contributed by atoms with Crippen LogP contribution in [0.25, 0.3) is 11.1 Å². The molecule has 0 saturated heterocycles. The summed E-state index contributed by atoms with van der Waals surface area (Å²) in [6, 6.07) is 9.33. The van der Waals surface area contributed by atoms with Crippen molar-refractivity contribution < 1.29 is 9.47 Å². The third kappa shape index (κ3) is 4.27. The fourth-order valence-electron chi connectivity index (χ4n) is 7.47. The van der Waals surface area contributed by atoms with E-state index in [4.69, 9.17) is 9.47 Å². The van der Waals surface area contributed by atoms with Crippen LogP contribution in [-0.4, -0.2) is 13.2 Å². The minimum absolute atomic E-state index is 0.480. The largest absolute Gasteiger partial charge is 0.492 e. The Bertz CT molecular complexity index is 945. The Hall–Kier alpha value is -1.96. The zero-order valence-electron chi connectivity index (χ0n) is 21.2. The number of hydrogen-bond acceptors (Lipinski definition) is 2. The van der Waals surface area contributed by atoms with E-state index >= 15 is 0 Å². The highest BCUT2D eigenvalue weighted by atomic mass is 16.5. The molecule has 1 fully saturated rings. The topological polar surface area (TPSA) is 18.5 Å². The molecule has 6 rings (SSSR count). The molecule has 0 unspecified atom stereocenters. The van der Waals surface area contributed by atoms with Gasteiger partial charge in [0, 0.05) is 17.0 Å². The number of benzene rings is 2. The Balaban J connectivity index is 1.39. The van der Waals surface area contributed by atoms with E-state index in [1.807, 2.05) is 0 Å². The average Bonchev–Trinajstić information content (AvgIpc) is 2.97. The zero-order valence-corrected chi connectivity index (χ0v) is 21.2. The number of hydrogen-bond donors (Lipinski definition) is 0. The standard InChI is InChI=1S/C32H42O2/c1-2-7-22-12-14-23(15-13-22)26-20-33-29-18-16-24-8-3-5-10-27(24)31(29)32-28-11-6-4-9-25(28)17-19-30(32)34-21-26/h16-19,22-23,26H,2-15,20-21H2,1H3. The van der Waals surface area contributed by atoms with Gasteiger partial charge in [-0.25, -0.2) is 0 Å². The Morgan fingerprint density at radius 2 is 1.18 bits per heavy atom. The van der Waals surface area contributed by atoms with E-state index in [0.29, 0.717) is 5.92 Å². The second kappa shape index (κ2) is 9.96. The molecule has 3 aliphatic carbocycles. The highest BCUT2D eigenvalue weighted by molar-refractivity contribution is 5.83.